The van der Waals surface area contributed by atoms with Gasteiger partial charge in [-0.15, -0.1) is 0 Å². The molecule has 0 amide bonds. The SMILES string of the molecule is CC/C(=N\Oc1ccc(C(F)(F)F)cc1)c1cc(C)ccc1NS(=O)(=O)C(F)(F)F. The molecule has 1 N–H and O–H groups in total. The Morgan fingerprint density at radius 1 is 1.03 bits per heavy atom. The van der Waals surface area contributed by atoms with Crippen LogP contribution in [0.2, 0.25) is 0 Å². The van der Waals surface area contributed by atoms with Gasteiger partial charge in [0.15, 0.2) is 5.75 Å². The highest BCUT2D eigenvalue weighted by atomic mass is 32.2. The lowest BCUT2D eigenvalue weighted by molar-refractivity contribution is -0.137. The number of sulfonamides is 1. The van der Waals surface area contributed by atoms with Crippen molar-refractivity contribution in [2.24, 2.45) is 5.16 Å². The molecule has 2 aromatic rings. The number of anilines is 1. The van der Waals surface area contributed by atoms with Crippen molar-refractivity contribution in [3.63, 3.8) is 0 Å². The van der Waals surface area contributed by atoms with Crippen LogP contribution in [0.1, 0.15) is 30.0 Å². The summed E-state index contributed by atoms with van der Waals surface area (Å²) in [6, 6.07) is 7.59. The van der Waals surface area contributed by atoms with E-state index in [0.717, 1.165) is 30.3 Å². The molecule has 0 saturated heterocycles. The summed E-state index contributed by atoms with van der Waals surface area (Å²) in [6.07, 6.45) is -4.40. The number of hydrogen-bond acceptors (Lipinski definition) is 4. The zero-order valence-corrected chi connectivity index (χ0v) is 16.4. The van der Waals surface area contributed by atoms with Crippen LogP contribution >= 0.6 is 0 Å². The van der Waals surface area contributed by atoms with Gasteiger partial charge in [0.1, 0.15) is 0 Å². The first kappa shape index (κ1) is 23.5. The predicted octanol–water partition coefficient (Wildman–Crippen LogP) is 5.47. The fraction of sp³-hybridized carbons (Fsp3) is 0.278. The number of oxime groups is 1. The molecule has 0 unspecified atom stereocenters. The first-order valence-electron chi connectivity index (χ1n) is 8.36. The molecule has 2 aromatic carbocycles. The average molecular weight is 454 g/mol. The van der Waals surface area contributed by atoms with Crippen molar-refractivity contribution in [1.82, 2.24) is 0 Å². The van der Waals surface area contributed by atoms with Crippen LogP contribution in [0.5, 0.6) is 5.75 Å². The van der Waals surface area contributed by atoms with E-state index in [2.05, 4.69) is 5.16 Å². The normalized spacial score (nSPS) is 13.3. The predicted molar refractivity (Wildman–Crippen MR) is 98.7 cm³/mol. The van der Waals surface area contributed by atoms with Crippen molar-refractivity contribution in [3.8, 4) is 5.75 Å². The molecule has 0 heterocycles. The summed E-state index contributed by atoms with van der Waals surface area (Å²) in [5.41, 5.74) is -6.05. The fourth-order valence-corrected chi connectivity index (χ4v) is 2.89. The van der Waals surface area contributed by atoms with Crippen LogP contribution in [0.3, 0.4) is 0 Å². The smallest absolute Gasteiger partial charge is 0.357 e. The Balaban J connectivity index is 2.37. The van der Waals surface area contributed by atoms with Gasteiger partial charge in [0.25, 0.3) is 0 Å². The second-order valence-electron chi connectivity index (χ2n) is 6.11. The van der Waals surface area contributed by atoms with E-state index in [1.54, 1.807) is 13.8 Å². The van der Waals surface area contributed by atoms with Crippen LogP contribution in [0, 0.1) is 6.92 Å². The number of rotatable bonds is 6. The highest BCUT2D eigenvalue weighted by molar-refractivity contribution is 7.93. The number of halogens is 6. The molecular weight excluding hydrogens is 438 g/mol. The zero-order valence-electron chi connectivity index (χ0n) is 15.6. The summed E-state index contributed by atoms with van der Waals surface area (Å²) >= 11 is 0. The second-order valence-corrected chi connectivity index (χ2v) is 7.78. The molecule has 30 heavy (non-hydrogen) atoms. The molecule has 0 bridgehead atoms. The minimum absolute atomic E-state index is 0.0391. The lowest BCUT2D eigenvalue weighted by atomic mass is 10.0. The van der Waals surface area contributed by atoms with Gasteiger partial charge in [-0.2, -0.15) is 34.8 Å². The van der Waals surface area contributed by atoms with Gasteiger partial charge in [0.2, 0.25) is 0 Å². The standard InChI is InChI=1S/C18H16F6N2O3S/c1-3-15(25-29-13-7-5-12(6-8-13)17(19,20)21)14-10-11(2)4-9-16(14)26-30(27,28)18(22,23)24/h4-10,26H,3H2,1-2H3/b25-15+. The van der Waals surface area contributed by atoms with Crippen LogP contribution < -0.4 is 9.56 Å². The van der Waals surface area contributed by atoms with E-state index in [1.165, 1.54) is 16.9 Å². The topological polar surface area (TPSA) is 67.8 Å². The van der Waals surface area contributed by atoms with Crippen molar-refractivity contribution in [3.05, 3.63) is 59.2 Å². The van der Waals surface area contributed by atoms with Crippen LogP contribution in [0.15, 0.2) is 47.6 Å². The molecule has 0 aliphatic carbocycles. The first-order valence-corrected chi connectivity index (χ1v) is 9.84. The lowest BCUT2D eigenvalue weighted by Crippen LogP contribution is -2.30. The van der Waals surface area contributed by atoms with Gasteiger partial charge in [-0.3, -0.25) is 4.72 Å². The number of aryl methyl sites for hydroxylation is 1. The number of alkyl halides is 6. The molecule has 0 fully saturated rings. The number of nitrogens with zero attached hydrogens (tertiary/aromatic N) is 1. The molecule has 0 aromatic heterocycles. The third kappa shape index (κ3) is 5.65. The Kier molecular flexibility index (Phi) is 6.70. The lowest BCUT2D eigenvalue weighted by Gasteiger charge is -2.15. The molecule has 164 valence electrons. The molecule has 0 aliphatic heterocycles. The van der Waals surface area contributed by atoms with E-state index >= 15 is 0 Å². The Bertz CT molecular complexity index is 1030. The van der Waals surface area contributed by atoms with Gasteiger partial charge >= 0.3 is 21.7 Å². The summed E-state index contributed by atoms with van der Waals surface area (Å²) in [4.78, 5) is 5.09. The maximum atomic E-state index is 12.7. The van der Waals surface area contributed by atoms with Crippen LogP contribution in [-0.2, 0) is 16.2 Å². The molecule has 12 heteroatoms. The Morgan fingerprint density at radius 2 is 1.63 bits per heavy atom. The van der Waals surface area contributed by atoms with Crippen LogP contribution in [0.25, 0.3) is 0 Å². The van der Waals surface area contributed by atoms with Crippen molar-refractivity contribution >= 4 is 21.4 Å². The van der Waals surface area contributed by atoms with Crippen LogP contribution in [0.4, 0.5) is 32.0 Å². The monoisotopic (exact) mass is 454 g/mol. The summed E-state index contributed by atoms with van der Waals surface area (Å²) in [5.74, 6) is -0.0426. The molecule has 0 saturated carbocycles. The molecule has 5 nitrogen and oxygen atoms in total. The second kappa shape index (κ2) is 8.54. The zero-order chi connectivity index (χ0) is 22.7. The maximum absolute atomic E-state index is 12.7. The van der Waals surface area contributed by atoms with E-state index in [0.29, 0.717) is 5.56 Å². The van der Waals surface area contributed by atoms with Gasteiger partial charge < -0.3 is 4.84 Å². The van der Waals surface area contributed by atoms with E-state index in [4.69, 9.17) is 4.84 Å². The summed E-state index contributed by atoms with van der Waals surface area (Å²) < 4.78 is 100. The summed E-state index contributed by atoms with van der Waals surface area (Å²) in [7, 11) is -5.67. The Hall–Kier alpha value is -2.76. The van der Waals surface area contributed by atoms with E-state index in [1.807, 2.05) is 0 Å². The van der Waals surface area contributed by atoms with E-state index in [9.17, 15) is 34.8 Å². The highest BCUT2D eigenvalue weighted by Gasteiger charge is 2.46. The quantitative estimate of drug-likeness (QED) is 0.358. The number of nitrogens with one attached hydrogen (secondary N) is 1. The van der Waals surface area contributed by atoms with E-state index in [-0.39, 0.29) is 29.1 Å². The molecule has 0 aliphatic rings. The van der Waals surface area contributed by atoms with Gasteiger partial charge in [0, 0.05) is 5.56 Å². The first-order chi connectivity index (χ1) is 13.7. The van der Waals surface area contributed by atoms with Crippen molar-refractivity contribution < 1.29 is 39.6 Å². The molecule has 0 spiro atoms. The maximum Gasteiger partial charge on any atom is 0.516 e. The van der Waals surface area contributed by atoms with Gasteiger partial charge in [0.05, 0.1) is 17.0 Å². The van der Waals surface area contributed by atoms with Gasteiger partial charge in [-0.05, 0) is 49.7 Å². The third-order valence-corrected chi connectivity index (χ3v) is 4.91. The van der Waals surface area contributed by atoms with E-state index < -0.39 is 27.3 Å². The highest BCUT2D eigenvalue weighted by Crippen LogP contribution is 2.31. The Labute approximate surface area is 168 Å². The minimum Gasteiger partial charge on any atom is -0.357 e. The van der Waals surface area contributed by atoms with Crippen molar-refractivity contribution in [2.45, 2.75) is 32.0 Å². The molecule has 0 atom stereocenters. The Morgan fingerprint density at radius 3 is 2.13 bits per heavy atom. The fourth-order valence-electron chi connectivity index (χ4n) is 2.31. The summed E-state index contributed by atoms with van der Waals surface area (Å²) in [5, 5.41) is 3.79. The van der Waals surface area contributed by atoms with Crippen molar-refractivity contribution in [1.29, 1.82) is 0 Å². The molecular formula is C18H16F6N2O3S. The summed E-state index contributed by atoms with van der Waals surface area (Å²) in [6.45, 7) is 3.23. The van der Waals surface area contributed by atoms with Gasteiger partial charge in [-0.25, -0.2) is 0 Å². The number of hydrogen-bond donors (Lipinski definition) is 1. The van der Waals surface area contributed by atoms with Crippen LogP contribution in [-0.4, -0.2) is 19.6 Å². The molecule has 0 radical (unpaired) electrons. The third-order valence-electron chi connectivity index (χ3n) is 3.81. The largest absolute Gasteiger partial charge is 0.516 e. The molecule has 2 rings (SSSR count). The van der Waals surface area contributed by atoms with Gasteiger partial charge in [-0.1, -0.05) is 23.7 Å². The minimum atomic E-state index is -5.67. The number of benzene rings is 2. The average Bonchev–Trinajstić information content (AvgIpc) is 2.63. The van der Waals surface area contributed by atoms with Crippen molar-refractivity contribution in [2.75, 3.05) is 4.72 Å².